The summed E-state index contributed by atoms with van der Waals surface area (Å²) < 4.78 is 0. The molecule has 2 rings (SSSR count). The average Bonchev–Trinajstić information content (AvgIpc) is 2.84. The molecular weight excluding hydrogens is 286 g/mol. The number of hydrogen-bond donors (Lipinski definition) is 2. The summed E-state index contributed by atoms with van der Waals surface area (Å²) in [5.74, 6) is 0.0367. The van der Waals surface area contributed by atoms with Gasteiger partial charge in [0.25, 0.3) is 0 Å². The van der Waals surface area contributed by atoms with E-state index in [2.05, 4.69) is 35.4 Å². The molecule has 0 radical (unpaired) electrons. The van der Waals surface area contributed by atoms with Gasteiger partial charge in [0.15, 0.2) is 0 Å². The molecule has 116 valence electrons. The van der Waals surface area contributed by atoms with Gasteiger partial charge < -0.3 is 15.5 Å². The van der Waals surface area contributed by atoms with Crippen molar-refractivity contribution in [2.24, 2.45) is 0 Å². The number of carbonyl (C=O) groups is 1. The number of carbonyl (C=O) groups excluding carboxylic acids is 1. The van der Waals surface area contributed by atoms with Crippen LogP contribution in [0.5, 0.6) is 0 Å². The molecule has 1 atom stereocenters. The summed E-state index contributed by atoms with van der Waals surface area (Å²) >= 11 is 6.16. The molecule has 1 unspecified atom stereocenters. The van der Waals surface area contributed by atoms with Crippen LogP contribution in [-0.4, -0.2) is 31.1 Å². The van der Waals surface area contributed by atoms with E-state index in [0.29, 0.717) is 6.04 Å². The number of amides is 1. The molecule has 1 aliphatic rings. The van der Waals surface area contributed by atoms with Gasteiger partial charge in [-0.3, -0.25) is 4.79 Å². The van der Waals surface area contributed by atoms with Crippen molar-refractivity contribution in [2.45, 2.75) is 45.8 Å². The van der Waals surface area contributed by atoms with E-state index >= 15 is 0 Å². The fourth-order valence-electron chi connectivity index (χ4n) is 2.68. The predicted molar refractivity (Wildman–Crippen MR) is 87.9 cm³/mol. The minimum Gasteiger partial charge on any atom is -0.369 e. The molecule has 0 aliphatic carbocycles. The summed E-state index contributed by atoms with van der Waals surface area (Å²) in [6.45, 7) is 8.45. The van der Waals surface area contributed by atoms with Crippen LogP contribution in [0.3, 0.4) is 0 Å². The number of anilines is 1. The molecule has 1 aliphatic heterocycles. The first-order chi connectivity index (χ1) is 9.95. The highest BCUT2D eigenvalue weighted by molar-refractivity contribution is 6.30. The molecule has 1 saturated heterocycles. The van der Waals surface area contributed by atoms with Crippen LogP contribution in [0, 0.1) is 0 Å². The van der Waals surface area contributed by atoms with E-state index in [1.165, 1.54) is 11.3 Å². The van der Waals surface area contributed by atoms with Crippen molar-refractivity contribution < 1.29 is 4.79 Å². The fourth-order valence-corrected chi connectivity index (χ4v) is 2.85. The third-order valence-corrected chi connectivity index (χ3v) is 3.92. The maximum absolute atomic E-state index is 11.2. The third-order valence-electron chi connectivity index (χ3n) is 3.68. The first-order valence-corrected chi connectivity index (χ1v) is 7.87. The van der Waals surface area contributed by atoms with Crippen molar-refractivity contribution in [3.05, 3.63) is 28.8 Å². The highest BCUT2D eigenvalue weighted by atomic mass is 35.5. The van der Waals surface area contributed by atoms with Gasteiger partial charge in [-0.25, -0.2) is 0 Å². The Balaban J connectivity index is 2.11. The van der Waals surface area contributed by atoms with Gasteiger partial charge >= 0.3 is 0 Å². The van der Waals surface area contributed by atoms with E-state index < -0.39 is 0 Å². The van der Waals surface area contributed by atoms with Gasteiger partial charge in [0.05, 0.1) is 0 Å². The summed E-state index contributed by atoms with van der Waals surface area (Å²) in [4.78, 5) is 13.5. The maximum atomic E-state index is 11.2. The van der Waals surface area contributed by atoms with Gasteiger partial charge in [-0.2, -0.15) is 0 Å². The lowest BCUT2D eigenvalue weighted by Gasteiger charge is -2.23. The molecular formula is C16H24ClN3O. The fraction of sp³-hybridized carbons (Fsp3) is 0.562. The predicted octanol–water partition coefficient (Wildman–Crippen LogP) is 2.55. The van der Waals surface area contributed by atoms with E-state index in [1.54, 1.807) is 6.92 Å². The molecule has 1 fully saturated rings. The zero-order valence-corrected chi connectivity index (χ0v) is 13.7. The van der Waals surface area contributed by atoms with Crippen LogP contribution in [0.1, 0.15) is 32.8 Å². The molecule has 2 N–H and O–H groups in total. The van der Waals surface area contributed by atoms with E-state index in [-0.39, 0.29) is 11.9 Å². The van der Waals surface area contributed by atoms with Crippen molar-refractivity contribution in [3.8, 4) is 0 Å². The lowest BCUT2D eigenvalue weighted by molar-refractivity contribution is -0.119. The van der Waals surface area contributed by atoms with E-state index in [1.807, 2.05) is 12.1 Å². The molecule has 0 aromatic heterocycles. The first kappa shape index (κ1) is 16.1. The third kappa shape index (κ3) is 4.61. The lowest BCUT2D eigenvalue weighted by Crippen LogP contribution is -2.35. The second-order valence-electron chi connectivity index (χ2n) is 5.94. The first-order valence-electron chi connectivity index (χ1n) is 7.49. The van der Waals surface area contributed by atoms with Crippen molar-refractivity contribution >= 4 is 23.2 Å². The molecule has 1 aromatic carbocycles. The Morgan fingerprint density at radius 1 is 1.48 bits per heavy atom. The highest BCUT2D eigenvalue weighted by Crippen LogP contribution is 2.28. The second kappa shape index (κ2) is 7.14. The molecule has 0 bridgehead atoms. The van der Waals surface area contributed by atoms with Gasteiger partial charge in [-0.1, -0.05) is 31.5 Å². The minimum atomic E-state index is 0.0367. The van der Waals surface area contributed by atoms with Gasteiger partial charge in [-0.05, 0) is 24.1 Å². The SMILES string of the molecule is CC(=O)NC1CCN(c2cc(Cl)ccc2CNC(C)C)C1. The molecule has 1 aromatic rings. The molecule has 4 nitrogen and oxygen atoms in total. The van der Waals surface area contributed by atoms with E-state index in [9.17, 15) is 4.79 Å². The lowest BCUT2D eigenvalue weighted by atomic mass is 10.1. The van der Waals surface area contributed by atoms with Crippen molar-refractivity contribution in [1.82, 2.24) is 10.6 Å². The molecule has 21 heavy (non-hydrogen) atoms. The van der Waals surface area contributed by atoms with Crippen molar-refractivity contribution in [1.29, 1.82) is 0 Å². The van der Waals surface area contributed by atoms with Crippen LogP contribution in [0.15, 0.2) is 18.2 Å². The molecule has 1 amide bonds. The Morgan fingerprint density at radius 3 is 2.90 bits per heavy atom. The highest BCUT2D eigenvalue weighted by Gasteiger charge is 2.24. The van der Waals surface area contributed by atoms with Gasteiger partial charge in [0.1, 0.15) is 0 Å². The number of nitrogens with one attached hydrogen (secondary N) is 2. The standard InChI is InChI=1S/C16H24ClN3O/c1-11(2)18-9-13-4-5-14(17)8-16(13)20-7-6-15(10-20)19-12(3)21/h4-5,8,11,15,18H,6-7,9-10H2,1-3H3,(H,19,21). The van der Waals surface area contributed by atoms with Crippen LogP contribution in [0.2, 0.25) is 5.02 Å². The van der Waals surface area contributed by atoms with Gasteiger partial charge in [0.2, 0.25) is 5.91 Å². The zero-order valence-electron chi connectivity index (χ0n) is 12.9. The molecule has 5 heteroatoms. The number of hydrogen-bond acceptors (Lipinski definition) is 3. The Morgan fingerprint density at radius 2 is 2.24 bits per heavy atom. The van der Waals surface area contributed by atoms with Crippen LogP contribution in [0.4, 0.5) is 5.69 Å². The van der Waals surface area contributed by atoms with E-state index in [0.717, 1.165) is 31.1 Å². The number of nitrogens with zero attached hydrogens (tertiary/aromatic N) is 1. The number of rotatable bonds is 5. The molecule has 0 saturated carbocycles. The summed E-state index contributed by atoms with van der Waals surface area (Å²) in [5, 5.41) is 7.20. The Kier molecular flexibility index (Phi) is 5.48. The van der Waals surface area contributed by atoms with Crippen LogP contribution < -0.4 is 15.5 Å². The Labute approximate surface area is 131 Å². The monoisotopic (exact) mass is 309 g/mol. The quantitative estimate of drug-likeness (QED) is 0.878. The topological polar surface area (TPSA) is 44.4 Å². The smallest absolute Gasteiger partial charge is 0.217 e. The summed E-state index contributed by atoms with van der Waals surface area (Å²) in [7, 11) is 0. The minimum absolute atomic E-state index is 0.0367. The van der Waals surface area contributed by atoms with Crippen LogP contribution in [0.25, 0.3) is 0 Å². The Bertz CT molecular complexity index is 504. The number of benzene rings is 1. The summed E-state index contributed by atoms with van der Waals surface area (Å²) in [6, 6.07) is 6.71. The second-order valence-corrected chi connectivity index (χ2v) is 6.38. The largest absolute Gasteiger partial charge is 0.369 e. The van der Waals surface area contributed by atoms with Gasteiger partial charge in [0, 0.05) is 49.4 Å². The summed E-state index contributed by atoms with van der Waals surface area (Å²) in [6.07, 6.45) is 0.975. The molecule has 0 spiro atoms. The maximum Gasteiger partial charge on any atom is 0.217 e. The zero-order chi connectivity index (χ0) is 15.4. The normalized spacial score (nSPS) is 18.3. The van der Waals surface area contributed by atoms with E-state index in [4.69, 9.17) is 11.6 Å². The van der Waals surface area contributed by atoms with Crippen molar-refractivity contribution in [2.75, 3.05) is 18.0 Å². The van der Waals surface area contributed by atoms with Crippen LogP contribution in [-0.2, 0) is 11.3 Å². The average molecular weight is 310 g/mol. The molecule has 1 heterocycles. The van der Waals surface area contributed by atoms with Crippen LogP contribution >= 0.6 is 11.6 Å². The van der Waals surface area contributed by atoms with Crippen molar-refractivity contribution in [3.63, 3.8) is 0 Å². The van der Waals surface area contributed by atoms with Gasteiger partial charge in [-0.15, -0.1) is 0 Å². The Hall–Kier alpha value is -1.26. The number of halogens is 1. The summed E-state index contributed by atoms with van der Waals surface area (Å²) in [5.41, 5.74) is 2.42.